The van der Waals surface area contributed by atoms with Crippen molar-refractivity contribution < 1.29 is 13.9 Å². The van der Waals surface area contributed by atoms with Gasteiger partial charge in [-0.15, -0.1) is 0 Å². The quantitative estimate of drug-likeness (QED) is 0.681. The highest BCUT2D eigenvalue weighted by atomic mass is 16.5. The second-order valence-electron chi connectivity index (χ2n) is 4.18. The van der Waals surface area contributed by atoms with Gasteiger partial charge in [0, 0.05) is 6.20 Å². The SMILES string of the molecule is CCOC(=O)Cn1c(-c2ccoc2)nc2cccnc21. The minimum absolute atomic E-state index is 0.0713. The smallest absolute Gasteiger partial charge is 0.326 e. The number of hydrogen-bond donors (Lipinski definition) is 0. The van der Waals surface area contributed by atoms with Crippen molar-refractivity contribution >= 4 is 17.1 Å². The molecule has 0 aliphatic carbocycles. The highest BCUT2D eigenvalue weighted by Crippen LogP contribution is 2.23. The van der Waals surface area contributed by atoms with Gasteiger partial charge in [-0.05, 0) is 25.1 Å². The molecule has 102 valence electrons. The number of pyridine rings is 1. The van der Waals surface area contributed by atoms with Crippen molar-refractivity contribution in [2.45, 2.75) is 13.5 Å². The fourth-order valence-corrected chi connectivity index (χ4v) is 2.06. The Morgan fingerprint density at radius 3 is 3.10 bits per heavy atom. The van der Waals surface area contributed by atoms with Gasteiger partial charge in [0.15, 0.2) is 5.65 Å². The first-order valence-corrected chi connectivity index (χ1v) is 6.29. The Bertz CT molecular complexity index is 731. The topological polar surface area (TPSA) is 70.2 Å². The van der Waals surface area contributed by atoms with Crippen LogP contribution < -0.4 is 0 Å². The number of fused-ring (bicyclic) bond motifs is 1. The standard InChI is InChI=1S/C14H13N3O3/c1-2-20-12(18)8-17-13(10-5-7-19-9-10)16-11-4-3-6-15-14(11)17/h3-7,9H,2,8H2,1H3. The van der Waals surface area contributed by atoms with Gasteiger partial charge in [0.25, 0.3) is 0 Å². The highest BCUT2D eigenvalue weighted by Gasteiger charge is 2.17. The van der Waals surface area contributed by atoms with Crippen LogP contribution in [0.2, 0.25) is 0 Å². The molecule has 3 aromatic heterocycles. The van der Waals surface area contributed by atoms with E-state index >= 15 is 0 Å². The van der Waals surface area contributed by atoms with Crippen molar-refractivity contribution in [2.75, 3.05) is 6.61 Å². The van der Waals surface area contributed by atoms with Crippen LogP contribution in [0.25, 0.3) is 22.6 Å². The zero-order chi connectivity index (χ0) is 13.9. The van der Waals surface area contributed by atoms with Crippen molar-refractivity contribution in [3.8, 4) is 11.4 Å². The summed E-state index contributed by atoms with van der Waals surface area (Å²) in [6.45, 7) is 2.20. The number of carbonyl (C=O) groups is 1. The molecule has 6 nitrogen and oxygen atoms in total. The van der Waals surface area contributed by atoms with Crippen LogP contribution in [0.4, 0.5) is 0 Å². The predicted molar refractivity (Wildman–Crippen MR) is 71.9 cm³/mol. The highest BCUT2D eigenvalue weighted by molar-refractivity contribution is 5.80. The van der Waals surface area contributed by atoms with E-state index in [9.17, 15) is 4.79 Å². The third-order valence-electron chi connectivity index (χ3n) is 2.88. The molecule has 0 aliphatic heterocycles. The van der Waals surface area contributed by atoms with Crippen molar-refractivity contribution in [3.63, 3.8) is 0 Å². The monoisotopic (exact) mass is 271 g/mol. The van der Waals surface area contributed by atoms with Gasteiger partial charge in [-0.1, -0.05) is 0 Å². The lowest BCUT2D eigenvalue weighted by Gasteiger charge is -2.06. The molecule has 0 bridgehead atoms. The molecule has 20 heavy (non-hydrogen) atoms. The van der Waals surface area contributed by atoms with Crippen LogP contribution >= 0.6 is 0 Å². The van der Waals surface area contributed by atoms with E-state index < -0.39 is 0 Å². The Kier molecular flexibility index (Phi) is 3.20. The maximum atomic E-state index is 11.8. The number of carbonyl (C=O) groups excluding carboxylic acids is 1. The molecule has 3 aromatic rings. The number of furan rings is 1. The molecule has 0 unspecified atom stereocenters. The molecule has 0 fully saturated rings. The molecule has 0 amide bonds. The third kappa shape index (κ3) is 2.16. The number of ether oxygens (including phenoxy) is 1. The molecule has 0 spiro atoms. The Morgan fingerprint density at radius 2 is 2.35 bits per heavy atom. The van der Waals surface area contributed by atoms with Crippen LogP contribution in [0.3, 0.4) is 0 Å². The van der Waals surface area contributed by atoms with Crippen LogP contribution in [-0.2, 0) is 16.1 Å². The molecular formula is C14H13N3O3. The first-order valence-electron chi connectivity index (χ1n) is 6.29. The van der Waals surface area contributed by atoms with E-state index in [0.717, 1.165) is 11.1 Å². The van der Waals surface area contributed by atoms with E-state index in [1.54, 1.807) is 36.3 Å². The number of hydrogen-bond acceptors (Lipinski definition) is 5. The summed E-state index contributed by atoms with van der Waals surface area (Å²) < 4.78 is 11.8. The van der Waals surface area contributed by atoms with Crippen LogP contribution in [0.1, 0.15) is 6.92 Å². The van der Waals surface area contributed by atoms with Gasteiger partial charge in [-0.3, -0.25) is 9.36 Å². The van der Waals surface area contributed by atoms with Crippen molar-refractivity contribution in [3.05, 3.63) is 36.9 Å². The van der Waals surface area contributed by atoms with Crippen LogP contribution in [0.15, 0.2) is 41.3 Å². The minimum Gasteiger partial charge on any atom is -0.472 e. The van der Waals surface area contributed by atoms with Crippen molar-refractivity contribution in [2.24, 2.45) is 0 Å². The average Bonchev–Trinajstić information content (AvgIpc) is 3.07. The normalized spacial score (nSPS) is 10.8. The van der Waals surface area contributed by atoms with Gasteiger partial charge in [0.05, 0.1) is 18.4 Å². The van der Waals surface area contributed by atoms with E-state index in [2.05, 4.69) is 9.97 Å². The zero-order valence-corrected chi connectivity index (χ0v) is 10.9. The largest absolute Gasteiger partial charge is 0.472 e. The summed E-state index contributed by atoms with van der Waals surface area (Å²) in [6.07, 6.45) is 4.82. The number of rotatable bonds is 4. The molecule has 3 rings (SSSR count). The van der Waals surface area contributed by atoms with Crippen LogP contribution in [-0.4, -0.2) is 27.1 Å². The first kappa shape index (κ1) is 12.4. The van der Waals surface area contributed by atoms with E-state index in [-0.39, 0.29) is 12.5 Å². The molecule has 3 heterocycles. The zero-order valence-electron chi connectivity index (χ0n) is 10.9. The Balaban J connectivity index is 2.11. The molecule has 0 aliphatic rings. The number of aromatic nitrogens is 3. The van der Waals surface area contributed by atoms with E-state index in [1.807, 2.05) is 12.1 Å². The summed E-state index contributed by atoms with van der Waals surface area (Å²) in [5.74, 6) is 0.322. The molecule has 0 saturated heterocycles. The number of imidazole rings is 1. The van der Waals surface area contributed by atoms with Gasteiger partial charge in [-0.25, -0.2) is 9.97 Å². The van der Waals surface area contributed by atoms with Crippen molar-refractivity contribution in [1.29, 1.82) is 0 Å². The summed E-state index contributed by atoms with van der Waals surface area (Å²) in [7, 11) is 0. The summed E-state index contributed by atoms with van der Waals surface area (Å²) in [6, 6.07) is 5.46. The van der Waals surface area contributed by atoms with Crippen molar-refractivity contribution in [1.82, 2.24) is 14.5 Å². The Morgan fingerprint density at radius 1 is 1.45 bits per heavy atom. The van der Waals surface area contributed by atoms with Gasteiger partial charge in [0.2, 0.25) is 0 Å². The predicted octanol–water partition coefficient (Wildman–Crippen LogP) is 2.25. The lowest BCUT2D eigenvalue weighted by molar-refractivity contribution is -0.143. The fourth-order valence-electron chi connectivity index (χ4n) is 2.06. The average molecular weight is 271 g/mol. The summed E-state index contributed by atoms with van der Waals surface area (Å²) in [5.41, 5.74) is 2.18. The molecule has 0 aromatic carbocycles. The Labute approximate surface area is 115 Å². The summed E-state index contributed by atoms with van der Waals surface area (Å²) in [5, 5.41) is 0. The Hall–Kier alpha value is -2.63. The molecule has 0 saturated carbocycles. The van der Waals surface area contributed by atoms with E-state index in [0.29, 0.717) is 18.1 Å². The molecule has 0 atom stereocenters. The van der Waals surface area contributed by atoms with Crippen LogP contribution in [0, 0.1) is 0 Å². The van der Waals surface area contributed by atoms with E-state index in [1.165, 1.54) is 0 Å². The summed E-state index contributed by atoms with van der Waals surface area (Å²) >= 11 is 0. The lowest BCUT2D eigenvalue weighted by Crippen LogP contribution is -2.14. The molecule has 6 heteroatoms. The minimum atomic E-state index is -0.317. The van der Waals surface area contributed by atoms with Gasteiger partial charge < -0.3 is 9.15 Å². The molecule has 0 N–H and O–H groups in total. The van der Waals surface area contributed by atoms with Gasteiger partial charge in [-0.2, -0.15) is 0 Å². The summed E-state index contributed by atoms with van der Waals surface area (Å²) in [4.78, 5) is 20.5. The third-order valence-corrected chi connectivity index (χ3v) is 2.88. The lowest BCUT2D eigenvalue weighted by atomic mass is 10.3. The molecule has 0 radical (unpaired) electrons. The molecular weight excluding hydrogens is 258 g/mol. The van der Waals surface area contributed by atoms with Gasteiger partial charge >= 0.3 is 5.97 Å². The maximum absolute atomic E-state index is 11.8. The maximum Gasteiger partial charge on any atom is 0.326 e. The second-order valence-corrected chi connectivity index (χ2v) is 4.18. The van der Waals surface area contributed by atoms with Crippen LogP contribution in [0.5, 0.6) is 0 Å². The van der Waals surface area contributed by atoms with Gasteiger partial charge in [0.1, 0.15) is 24.1 Å². The second kappa shape index (κ2) is 5.16. The number of nitrogens with zero attached hydrogens (tertiary/aromatic N) is 3. The fraction of sp³-hybridized carbons (Fsp3) is 0.214. The first-order chi connectivity index (χ1) is 9.79. The number of esters is 1. The van der Waals surface area contributed by atoms with E-state index in [4.69, 9.17) is 9.15 Å².